The van der Waals surface area contributed by atoms with Crippen molar-refractivity contribution in [3.63, 3.8) is 0 Å². The summed E-state index contributed by atoms with van der Waals surface area (Å²) in [6, 6.07) is 9.03. The van der Waals surface area contributed by atoms with E-state index in [1.54, 1.807) is 14.0 Å². The van der Waals surface area contributed by atoms with Gasteiger partial charge in [0.1, 0.15) is 26.1 Å². The fourth-order valence-electron chi connectivity index (χ4n) is 7.26. The molecule has 0 saturated carbocycles. The van der Waals surface area contributed by atoms with Gasteiger partial charge in [0.2, 0.25) is 0 Å². The van der Waals surface area contributed by atoms with Crippen LogP contribution in [-0.4, -0.2) is 29.0 Å². The van der Waals surface area contributed by atoms with E-state index in [1.165, 1.54) is 11.1 Å². The molecule has 0 aliphatic heterocycles. The van der Waals surface area contributed by atoms with Crippen molar-refractivity contribution in [1.29, 1.82) is 0 Å². The topological polar surface area (TPSA) is 79.2 Å². The molecule has 2 atom stereocenters. The van der Waals surface area contributed by atoms with E-state index in [-0.39, 0.29) is 71.2 Å². The minimum Gasteiger partial charge on any atom is -0.508 e. The van der Waals surface area contributed by atoms with E-state index in [0.29, 0.717) is 0 Å². The highest BCUT2D eigenvalue weighted by molar-refractivity contribution is 7.42. The fraction of sp³-hybridized carbons (Fsp3) is 0.593. The second-order valence-electron chi connectivity index (χ2n) is 24.3. The zero-order valence-electron chi connectivity index (χ0n) is 46.9. The summed E-state index contributed by atoms with van der Waals surface area (Å²) in [6.45, 7) is 54.9. The molecule has 0 aliphatic rings. The Hall–Kier alpha value is -2.94. The van der Waals surface area contributed by atoms with Crippen LogP contribution < -0.4 is 5.30 Å². The fourth-order valence-corrected chi connectivity index (χ4v) is 8.55. The zero-order valence-corrected chi connectivity index (χ0v) is 49.0. The Labute approximate surface area is 411 Å². The van der Waals surface area contributed by atoms with Crippen molar-refractivity contribution < 1.29 is 24.4 Å². The van der Waals surface area contributed by atoms with E-state index in [9.17, 15) is 10.2 Å². The Morgan fingerprint density at radius 1 is 0.682 bits per heavy atom. The first kappa shape index (κ1) is 63.1. The molecule has 0 aliphatic carbocycles. The van der Waals surface area contributed by atoms with Crippen molar-refractivity contribution >= 4 is 34.7 Å². The van der Waals surface area contributed by atoms with E-state index in [0.717, 1.165) is 55.6 Å². The van der Waals surface area contributed by atoms with Crippen molar-refractivity contribution in [2.75, 3.05) is 13.7 Å². The van der Waals surface area contributed by atoms with Gasteiger partial charge < -0.3 is 24.4 Å². The molecule has 66 heavy (non-hydrogen) atoms. The number of aliphatic hydroxyl groups excluding tert-OH is 2. The number of aromatic hydroxyl groups is 1. The number of phenolic OH excluding ortho intramolecular Hbond substituents is 1. The Balaban J connectivity index is 0.00000665. The number of phenols is 1. The quantitative estimate of drug-likeness (QED) is 0.119. The number of hydrogen-bond acceptors (Lipinski definition) is 5. The van der Waals surface area contributed by atoms with Crippen molar-refractivity contribution in [3.05, 3.63) is 117 Å². The van der Waals surface area contributed by atoms with Crippen molar-refractivity contribution in [1.82, 2.24) is 0 Å². The standard InChI is InChI=1S/C56H87O3P.C2H6O.CH5OP/c1-25-37(51(7,8)9)30-41(47(57)29-36(5)6)43-32-39(53(13,14)15)34-46(56(22,23)24)50(43)60-59-49(44(26-2)54(16,17)18)40(28-27-35(3)4)42-31-38(52(10,11)12)33-45(48(42)58)55(19,20)21;2*1-2-3/h25-36,57-58,60H,1-24H3;3H,2H2,1H3;3H2,1H3/b28-27+,37-25+,41-30-,44-26+,47-29-,49-40-;;. The molecule has 7 heteroatoms. The first-order chi connectivity index (χ1) is 29.8. The van der Waals surface area contributed by atoms with Gasteiger partial charge in [0.15, 0.2) is 0 Å². The number of benzene rings is 2. The van der Waals surface area contributed by atoms with E-state index < -0.39 is 0 Å². The van der Waals surface area contributed by atoms with Crippen LogP contribution in [0.4, 0.5) is 0 Å². The minimum absolute atomic E-state index is 0.131. The van der Waals surface area contributed by atoms with Crippen LogP contribution in [0.25, 0.3) is 11.1 Å². The van der Waals surface area contributed by atoms with Gasteiger partial charge in [0, 0.05) is 41.3 Å². The summed E-state index contributed by atoms with van der Waals surface area (Å²) in [7, 11) is 3.54. The lowest BCUT2D eigenvalue weighted by Gasteiger charge is -2.32. The van der Waals surface area contributed by atoms with E-state index in [1.807, 2.05) is 6.08 Å². The third kappa shape index (κ3) is 19.2. The maximum Gasteiger partial charge on any atom is 0.134 e. The molecule has 0 saturated heterocycles. The molecule has 2 aromatic rings. The van der Waals surface area contributed by atoms with E-state index >= 15 is 0 Å². The van der Waals surface area contributed by atoms with Gasteiger partial charge in [-0.25, -0.2) is 0 Å². The third-order valence-electron chi connectivity index (χ3n) is 10.9. The van der Waals surface area contributed by atoms with E-state index in [2.05, 4.69) is 235 Å². The zero-order chi connectivity index (χ0) is 52.1. The average Bonchev–Trinajstić information content (AvgIpc) is 3.12. The van der Waals surface area contributed by atoms with Gasteiger partial charge in [-0.1, -0.05) is 189 Å². The van der Waals surface area contributed by atoms with Gasteiger partial charge in [0.05, 0.1) is 0 Å². The SMILES string of the molecule is CCO.COP.C\C=C(/C(OPc1c(C(=C/C(=C\C)C(C)(C)C)/C(O)=C/C(C)C)cc(C(C)(C)C)cc1C(C)(C)C)=C(\C=C\C(C)C)c1cc(C(C)(C)C)cc(C(C)(C)C)c1O)C(C)(C)C. The van der Waals surface area contributed by atoms with Crippen molar-refractivity contribution in [2.24, 2.45) is 22.7 Å². The average molecular weight is 949 g/mol. The first-order valence-electron chi connectivity index (χ1n) is 24.0. The largest absolute Gasteiger partial charge is 0.508 e. The second-order valence-corrected chi connectivity index (χ2v) is 25.6. The van der Waals surface area contributed by atoms with Gasteiger partial charge >= 0.3 is 0 Å². The molecule has 5 nitrogen and oxygen atoms in total. The normalized spacial score (nSPS) is 14.8. The molecule has 2 aromatic carbocycles. The summed E-state index contributed by atoms with van der Waals surface area (Å²) in [6.07, 6.45) is 12.9. The molecular weight excluding hydrogens is 851 g/mol. The molecule has 0 aromatic heterocycles. The maximum atomic E-state index is 12.4. The molecule has 0 heterocycles. The Morgan fingerprint density at radius 3 is 1.47 bits per heavy atom. The van der Waals surface area contributed by atoms with Crippen molar-refractivity contribution in [3.8, 4) is 5.75 Å². The number of allylic oxidation sites excluding steroid dienone is 10. The lowest BCUT2D eigenvalue weighted by atomic mass is 9.77. The number of hydrogen-bond donors (Lipinski definition) is 3. The monoisotopic (exact) mass is 949 g/mol. The third-order valence-corrected chi connectivity index (χ3v) is 12.0. The summed E-state index contributed by atoms with van der Waals surface area (Å²) in [5.41, 5.74) is 8.76. The summed E-state index contributed by atoms with van der Waals surface area (Å²) in [4.78, 5) is 0. The highest BCUT2D eigenvalue weighted by Crippen LogP contribution is 2.47. The Kier molecular flexibility index (Phi) is 24.5. The predicted molar refractivity (Wildman–Crippen MR) is 299 cm³/mol. The smallest absolute Gasteiger partial charge is 0.134 e. The summed E-state index contributed by atoms with van der Waals surface area (Å²) in [5, 5.41) is 33.3. The number of aliphatic hydroxyl groups is 2. The Bertz CT molecular complexity index is 2060. The molecule has 2 rings (SSSR count). The molecule has 0 amide bonds. The molecule has 0 bridgehead atoms. The lowest BCUT2D eigenvalue weighted by Crippen LogP contribution is -2.26. The second kappa shape index (κ2) is 25.6. The first-order valence-corrected chi connectivity index (χ1v) is 25.4. The van der Waals surface area contributed by atoms with Crippen LogP contribution >= 0.6 is 18.3 Å². The van der Waals surface area contributed by atoms with Crippen LogP contribution in [0.5, 0.6) is 5.75 Å². The maximum absolute atomic E-state index is 12.4. The summed E-state index contributed by atoms with van der Waals surface area (Å²) >= 11 is 0. The van der Waals surface area contributed by atoms with E-state index in [4.69, 9.17) is 9.63 Å². The van der Waals surface area contributed by atoms with Crippen LogP contribution in [-0.2, 0) is 30.7 Å². The number of rotatable bonds is 11. The molecule has 0 fully saturated rings. The molecule has 0 spiro atoms. The van der Waals surface area contributed by atoms with Crippen LogP contribution in [0, 0.1) is 22.7 Å². The Morgan fingerprint density at radius 2 is 1.12 bits per heavy atom. The molecule has 3 N–H and O–H groups in total. The van der Waals surface area contributed by atoms with Crippen LogP contribution in [0.1, 0.15) is 206 Å². The highest BCUT2D eigenvalue weighted by atomic mass is 31.1. The van der Waals surface area contributed by atoms with Gasteiger partial charge in [-0.2, -0.15) is 0 Å². The minimum atomic E-state index is -0.304. The van der Waals surface area contributed by atoms with Crippen LogP contribution in [0.15, 0.2) is 83.4 Å². The van der Waals surface area contributed by atoms with Crippen LogP contribution in [0.2, 0.25) is 0 Å². The van der Waals surface area contributed by atoms with Crippen molar-refractivity contribution in [2.45, 2.75) is 195 Å². The van der Waals surface area contributed by atoms with Gasteiger partial charge in [-0.3, -0.25) is 0 Å². The van der Waals surface area contributed by atoms with Crippen LogP contribution in [0.3, 0.4) is 0 Å². The van der Waals surface area contributed by atoms with Gasteiger partial charge in [0.25, 0.3) is 0 Å². The van der Waals surface area contributed by atoms with Gasteiger partial charge in [-0.15, -0.1) is 0 Å². The molecule has 374 valence electrons. The lowest BCUT2D eigenvalue weighted by molar-refractivity contribution is 0.318. The molecule has 0 radical (unpaired) electrons. The highest BCUT2D eigenvalue weighted by Gasteiger charge is 2.33. The summed E-state index contributed by atoms with van der Waals surface area (Å²) < 4.78 is 11.7. The predicted octanol–water partition coefficient (Wildman–Crippen LogP) is 17.3. The molecular formula is C59H98O5P2. The summed E-state index contributed by atoms with van der Waals surface area (Å²) in [5.74, 6) is 1.70. The molecule has 2 unspecified atom stereocenters. The van der Waals surface area contributed by atoms with Gasteiger partial charge in [-0.05, 0) is 132 Å².